The third-order valence-electron chi connectivity index (χ3n) is 6.61. The Morgan fingerprint density at radius 1 is 1.17 bits per heavy atom. The zero-order chi connectivity index (χ0) is 25.2. The molecule has 192 valence electrons. The van der Waals surface area contributed by atoms with Crippen molar-refractivity contribution >= 4 is 34.4 Å². The first-order valence-corrected chi connectivity index (χ1v) is 11.6. The number of amides is 1. The number of likely N-dealkylation sites (tertiary alicyclic amines) is 1. The summed E-state index contributed by atoms with van der Waals surface area (Å²) < 4.78 is 1.99. The number of rotatable bonds is 9. The molecule has 1 fully saturated rings. The van der Waals surface area contributed by atoms with Gasteiger partial charge in [-0.25, -0.2) is 4.98 Å². The molecular formula is C26H35N7O3. The lowest BCUT2D eigenvalue weighted by Gasteiger charge is -2.33. The molecule has 0 bridgehead atoms. The Kier molecular flexibility index (Phi) is 7.99. The van der Waals surface area contributed by atoms with E-state index in [1.165, 1.54) is 0 Å². The number of aryl methyl sites for hydroxylation is 1. The van der Waals surface area contributed by atoms with Crippen molar-refractivity contribution in [3.8, 4) is 0 Å². The van der Waals surface area contributed by atoms with E-state index in [1.807, 2.05) is 41.9 Å². The molecule has 10 nitrogen and oxygen atoms in total. The molecule has 1 aromatic heterocycles. The normalized spacial score (nSPS) is 14.8. The minimum atomic E-state index is -1.18. The van der Waals surface area contributed by atoms with Crippen molar-refractivity contribution in [2.24, 2.45) is 12.8 Å². The second-order valence-corrected chi connectivity index (χ2v) is 9.01. The summed E-state index contributed by atoms with van der Waals surface area (Å²) in [5.41, 5.74) is 8.20. The van der Waals surface area contributed by atoms with Crippen LogP contribution in [0.15, 0.2) is 42.5 Å². The molecule has 1 atom stereocenters. The van der Waals surface area contributed by atoms with Gasteiger partial charge in [-0.1, -0.05) is 13.5 Å². The van der Waals surface area contributed by atoms with Gasteiger partial charge in [0.2, 0.25) is 5.91 Å². The number of anilines is 1. The van der Waals surface area contributed by atoms with Gasteiger partial charge in [-0.05, 0) is 61.7 Å². The quantitative estimate of drug-likeness (QED) is 0.227. The van der Waals surface area contributed by atoms with Gasteiger partial charge in [-0.2, -0.15) is 0 Å². The number of nitrogen functional groups attached to an aromatic ring is 1. The molecule has 2 heterocycles. The van der Waals surface area contributed by atoms with Crippen LogP contribution in [-0.2, 0) is 28.7 Å². The molecule has 36 heavy (non-hydrogen) atoms. The van der Waals surface area contributed by atoms with E-state index in [-0.39, 0.29) is 25.7 Å². The van der Waals surface area contributed by atoms with Crippen LogP contribution in [0.25, 0.3) is 11.0 Å². The van der Waals surface area contributed by atoms with Gasteiger partial charge in [-0.15, -0.1) is 0 Å². The van der Waals surface area contributed by atoms with Gasteiger partial charge in [0.05, 0.1) is 24.1 Å². The lowest BCUT2D eigenvalue weighted by atomic mass is 9.89. The maximum atomic E-state index is 13.4. The summed E-state index contributed by atoms with van der Waals surface area (Å²) in [6, 6.07) is 12.9. The van der Waals surface area contributed by atoms with Crippen LogP contribution >= 0.6 is 0 Å². The number of benzene rings is 2. The van der Waals surface area contributed by atoms with E-state index in [9.17, 15) is 14.7 Å². The molecule has 0 saturated carbocycles. The van der Waals surface area contributed by atoms with E-state index >= 15 is 0 Å². The van der Waals surface area contributed by atoms with Crippen LogP contribution in [0.2, 0.25) is 0 Å². The number of carboxylic acid groups (broad SMARTS) is 1. The van der Waals surface area contributed by atoms with Crippen LogP contribution < -0.4 is 16.4 Å². The fraction of sp³-hybridized carbons (Fsp3) is 0.385. The highest BCUT2D eigenvalue weighted by Crippen LogP contribution is 2.29. The topological polar surface area (TPSA) is 149 Å². The van der Waals surface area contributed by atoms with Gasteiger partial charge in [0, 0.05) is 31.4 Å². The van der Waals surface area contributed by atoms with Gasteiger partial charge in [-0.3, -0.25) is 20.3 Å². The van der Waals surface area contributed by atoms with Crippen LogP contribution in [-0.4, -0.2) is 56.9 Å². The highest BCUT2D eigenvalue weighted by molar-refractivity contribution is 5.95. The van der Waals surface area contributed by atoms with Gasteiger partial charge in [0.1, 0.15) is 17.2 Å². The van der Waals surface area contributed by atoms with Gasteiger partial charge < -0.3 is 25.6 Å². The third-order valence-corrected chi connectivity index (χ3v) is 6.61. The summed E-state index contributed by atoms with van der Waals surface area (Å²) in [5.74, 6) is -0.314. The number of imidazole rings is 1. The van der Waals surface area contributed by atoms with Crippen molar-refractivity contribution in [2.75, 3.05) is 25.0 Å². The number of carboxylic acids is 1. The monoisotopic (exact) mass is 493 g/mol. The van der Waals surface area contributed by atoms with E-state index in [2.05, 4.69) is 10.6 Å². The number of aliphatic carboxylic acids is 1. The zero-order valence-electron chi connectivity index (χ0n) is 20.0. The first-order valence-electron chi connectivity index (χ1n) is 11.6. The Morgan fingerprint density at radius 3 is 2.44 bits per heavy atom. The molecule has 0 radical (unpaired) electrons. The number of hydrogen-bond donors (Lipinski definition) is 5. The molecule has 1 saturated heterocycles. The molecule has 3 aromatic rings. The van der Waals surface area contributed by atoms with E-state index in [4.69, 9.17) is 16.1 Å². The van der Waals surface area contributed by atoms with E-state index in [0.29, 0.717) is 30.8 Å². The van der Waals surface area contributed by atoms with Gasteiger partial charge in [0.15, 0.2) is 0 Å². The second-order valence-electron chi connectivity index (χ2n) is 9.01. The van der Waals surface area contributed by atoms with E-state index in [0.717, 1.165) is 35.4 Å². The first-order chi connectivity index (χ1) is 16.7. The van der Waals surface area contributed by atoms with E-state index in [1.54, 1.807) is 24.0 Å². The van der Waals surface area contributed by atoms with Crippen molar-refractivity contribution in [1.82, 2.24) is 19.8 Å². The van der Waals surface area contributed by atoms with Crippen LogP contribution in [0.3, 0.4) is 0 Å². The van der Waals surface area contributed by atoms with Crippen molar-refractivity contribution < 1.29 is 14.7 Å². The summed E-state index contributed by atoms with van der Waals surface area (Å²) in [4.78, 5) is 31.3. The number of carbonyl (C=O) groups is 2. The maximum Gasteiger partial charge on any atom is 0.317 e. The largest absolute Gasteiger partial charge is 0.480 e. The predicted octanol–water partition coefficient (Wildman–Crippen LogP) is 2.62. The van der Waals surface area contributed by atoms with Crippen molar-refractivity contribution in [3.05, 3.63) is 59.4 Å². The second kappa shape index (κ2) is 10.8. The molecule has 0 unspecified atom stereocenters. The molecule has 2 aromatic carbocycles. The SMILES string of the molecule is C.Cn1c(CNc2ccc(C(=N)N)cc2)nc2cc([C@@](C)(NCC(=O)O)C(=O)N3CCCC3)ccc21. The third kappa shape index (κ3) is 5.33. The van der Waals surface area contributed by atoms with Crippen LogP contribution in [0.1, 0.15) is 44.1 Å². The number of carbonyl (C=O) groups excluding carboxylic acids is 1. The molecule has 6 N–H and O–H groups in total. The van der Waals surface area contributed by atoms with Crippen molar-refractivity contribution in [2.45, 2.75) is 39.3 Å². The molecule has 4 rings (SSSR count). The van der Waals surface area contributed by atoms with Crippen LogP contribution in [0, 0.1) is 5.41 Å². The molecular weight excluding hydrogens is 458 g/mol. The molecule has 1 aliphatic heterocycles. The number of aromatic nitrogens is 2. The standard InChI is InChI=1S/C25H31N7O3.CH4/c1-25(29-15-22(33)34,24(35)32-11-3-4-12-32)17-7-10-20-19(13-17)30-21(31(20)2)14-28-18-8-5-16(6-9-18)23(26)27;/h5-10,13,28-29H,3-4,11-12,14-15H2,1-2H3,(H3,26,27)(H,33,34);1H4/t25-;/m1./s1. The summed E-state index contributed by atoms with van der Waals surface area (Å²) in [5, 5.41) is 23.1. The van der Waals surface area contributed by atoms with Crippen LogP contribution in [0.5, 0.6) is 0 Å². The average Bonchev–Trinajstić information content (AvgIpc) is 3.49. The summed E-state index contributed by atoms with van der Waals surface area (Å²) in [7, 11) is 1.93. The minimum Gasteiger partial charge on any atom is -0.480 e. The Balaban J connectivity index is 0.00000361. The number of nitrogens with two attached hydrogens (primary N) is 1. The maximum absolute atomic E-state index is 13.4. The van der Waals surface area contributed by atoms with Crippen molar-refractivity contribution in [1.29, 1.82) is 5.41 Å². The Bertz CT molecular complexity index is 1260. The summed E-state index contributed by atoms with van der Waals surface area (Å²) in [6.07, 6.45) is 1.90. The fourth-order valence-electron chi connectivity index (χ4n) is 4.46. The summed E-state index contributed by atoms with van der Waals surface area (Å²) in [6.45, 7) is 3.25. The lowest BCUT2D eigenvalue weighted by molar-refractivity contribution is -0.139. The molecule has 0 aliphatic carbocycles. The van der Waals surface area contributed by atoms with Crippen molar-refractivity contribution in [3.63, 3.8) is 0 Å². The number of amidine groups is 1. The van der Waals surface area contributed by atoms with Gasteiger partial charge in [0.25, 0.3) is 0 Å². The Labute approximate surface area is 211 Å². The van der Waals surface area contributed by atoms with E-state index < -0.39 is 11.5 Å². The molecule has 0 spiro atoms. The average molecular weight is 494 g/mol. The smallest absolute Gasteiger partial charge is 0.317 e. The Morgan fingerprint density at radius 2 is 1.83 bits per heavy atom. The highest BCUT2D eigenvalue weighted by Gasteiger charge is 2.39. The summed E-state index contributed by atoms with van der Waals surface area (Å²) >= 11 is 0. The highest BCUT2D eigenvalue weighted by atomic mass is 16.4. The lowest BCUT2D eigenvalue weighted by Crippen LogP contribution is -2.54. The molecule has 10 heteroatoms. The number of nitrogens with one attached hydrogen (secondary N) is 3. The number of fused-ring (bicyclic) bond motifs is 1. The van der Waals surface area contributed by atoms with Gasteiger partial charge >= 0.3 is 5.97 Å². The fourth-order valence-corrected chi connectivity index (χ4v) is 4.46. The molecule has 1 aliphatic rings. The number of nitrogens with zero attached hydrogens (tertiary/aromatic N) is 3. The Hall–Kier alpha value is -3.92. The minimum absolute atomic E-state index is 0. The van der Waals surface area contributed by atoms with Crippen LogP contribution in [0.4, 0.5) is 5.69 Å². The molecule has 1 amide bonds. The predicted molar refractivity (Wildman–Crippen MR) is 141 cm³/mol. The zero-order valence-corrected chi connectivity index (χ0v) is 20.0. The number of hydrogen-bond acceptors (Lipinski definition) is 6. The first kappa shape index (κ1) is 26.7.